The van der Waals surface area contributed by atoms with Gasteiger partial charge >= 0.3 is 0 Å². The highest BCUT2D eigenvalue weighted by atomic mass is 16.5. The summed E-state index contributed by atoms with van der Waals surface area (Å²) in [5.41, 5.74) is 7.51. The maximum atomic E-state index is 5.86. The monoisotopic (exact) mass is 251 g/mol. The van der Waals surface area contributed by atoms with Gasteiger partial charge in [-0.2, -0.15) is 0 Å². The Labute approximate surface area is 110 Å². The summed E-state index contributed by atoms with van der Waals surface area (Å²) in [6, 6.07) is 2.90. The lowest BCUT2D eigenvalue weighted by molar-refractivity contribution is 0.140. The predicted octanol–water partition coefficient (Wildman–Crippen LogP) is 2.47. The lowest BCUT2D eigenvalue weighted by Crippen LogP contribution is -2.39. The lowest BCUT2D eigenvalue weighted by Gasteiger charge is -2.30. The summed E-state index contributed by atoms with van der Waals surface area (Å²) in [5.74, 6) is 0.535. The van der Waals surface area contributed by atoms with Gasteiger partial charge in [0.15, 0.2) is 0 Å². The number of nitrogens with two attached hydrogens (primary N) is 1. The molecule has 4 nitrogen and oxygen atoms in total. The number of ether oxygens (including phenoxy) is 1. The second kappa shape index (κ2) is 6.59. The number of hydrogen-bond acceptors (Lipinski definition) is 4. The van der Waals surface area contributed by atoms with Crippen molar-refractivity contribution in [3.63, 3.8) is 0 Å². The summed E-state index contributed by atoms with van der Waals surface area (Å²) < 4.78 is 5.64. The van der Waals surface area contributed by atoms with Gasteiger partial charge in [0.2, 0.25) is 5.88 Å². The lowest BCUT2D eigenvalue weighted by atomic mass is 10.2. The predicted molar refractivity (Wildman–Crippen MR) is 75.9 cm³/mol. The van der Waals surface area contributed by atoms with Crippen LogP contribution in [0.15, 0.2) is 12.3 Å². The van der Waals surface area contributed by atoms with Crippen LogP contribution in [0.3, 0.4) is 0 Å². The maximum Gasteiger partial charge on any atom is 0.237 e. The van der Waals surface area contributed by atoms with Gasteiger partial charge in [0.25, 0.3) is 0 Å². The van der Waals surface area contributed by atoms with Gasteiger partial charge < -0.3 is 10.5 Å². The van der Waals surface area contributed by atoms with Crippen molar-refractivity contribution in [3.05, 3.63) is 17.8 Å². The molecule has 0 aliphatic carbocycles. The van der Waals surface area contributed by atoms with Crippen molar-refractivity contribution in [1.82, 2.24) is 9.88 Å². The van der Waals surface area contributed by atoms with Crippen LogP contribution in [0.5, 0.6) is 5.88 Å². The highest BCUT2D eigenvalue weighted by Crippen LogP contribution is 2.18. The largest absolute Gasteiger partial charge is 0.475 e. The fourth-order valence-corrected chi connectivity index (χ4v) is 2.06. The van der Waals surface area contributed by atoms with E-state index in [0.29, 0.717) is 30.3 Å². The number of anilines is 1. The first kappa shape index (κ1) is 14.8. The van der Waals surface area contributed by atoms with E-state index in [-0.39, 0.29) is 0 Å². The van der Waals surface area contributed by atoms with E-state index in [4.69, 9.17) is 10.5 Å². The molecule has 0 saturated heterocycles. The van der Waals surface area contributed by atoms with Crippen LogP contribution in [0.25, 0.3) is 0 Å². The van der Waals surface area contributed by atoms with Crippen molar-refractivity contribution < 1.29 is 4.74 Å². The van der Waals surface area contributed by atoms with Crippen molar-refractivity contribution in [1.29, 1.82) is 0 Å². The molecule has 4 heteroatoms. The molecule has 18 heavy (non-hydrogen) atoms. The third-order valence-corrected chi connectivity index (χ3v) is 2.93. The Bertz CT molecular complexity index is 369. The topological polar surface area (TPSA) is 51.4 Å². The zero-order valence-electron chi connectivity index (χ0n) is 12.1. The molecular weight excluding hydrogens is 226 g/mol. The highest BCUT2D eigenvalue weighted by molar-refractivity contribution is 5.49. The van der Waals surface area contributed by atoms with E-state index >= 15 is 0 Å². The Morgan fingerprint density at radius 2 is 1.89 bits per heavy atom. The molecule has 1 aromatic rings. The standard InChI is InChI=1S/C14H25N3O/c1-10(2)17(11(3)4)6-7-18-14-13(15)8-12(5)9-16-14/h8-11H,6-7,15H2,1-5H3. The third kappa shape index (κ3) is 4.18. The highest BCUT2D eigenvalue weighted by Gasteiger charge is 2.13. The Morgan fingerprint density at radius 3 is 2.39 bits per heavy atom. The summed E-state index contributed by atoms with van der Waals surface area (Å²) in [6.45, 7) is 12.2. The first-order valence-electron chi connectivity index (χ1n) is 6.52. The van der Waals surface area contributed by atoms with Crippen molar-refractivity contribution in [2.75, 3.05) is 18.9 Å². The minimum Gasteiger partial charge on any atom is -0.475 e. The smallest absolute Gasteiger partial charge is 0.237 e. The first-order chi connectivity index (χ1) is 8.41. The van der Waals surface area contributed by atoms with Crippen molar-refractivity contribution >= 4 is 5.69 Å². The first-order valence-corrected chi connectivity index (χ1v) is 6.52. The zero-order valence-corrected chi connectivity index (χ0v) is 12.1. The number of aromatic nitrogens is 1. The molecule has 0 aromatic carbocycles. The maximum absolute atomic E-state index is 5.86. The van der Waals surface area contributed by atoms with E-state index in [2.05, 4.69) is 37.6 Å². The van der Waals surface area contributed by atoms with Crippen LogP contribution in [0.1, 0.15) is 33.3 Å². The molecule has 0 spiro atoms. The normalized spacial score (nSPS) is 11.6. The quantitative estimate of drug-likeness (QED) is 0.844. The van der Waals surface area contributed by atoms with Gasteiger partial charge in [0.1, 0.15) is 6.61 Å². The van der Waals surface area contributed by atoms with Crippen molar-refractivity contribution in [3.8, 4) is 5.88 Å². The number of hydrogen-bond donors (Lipinski definition) is 1. The van der Waals surface area contributed by atoms with Gasteiger partial charge in [-0.05, 0) is 46.2 Å². The number of rotatable bonds is 6. The Balaban J connectivity index is 2.50. The van der Waals surface area contributed by atoms with Crippen LogP contribution in [-0.2, 0) is 0 Å². The molecule has 0 bridgehead atoms. The van der Waals surface area contributed by atoms with Gasteiger partial charge in [0, 0.05) is 24.8 Å². The number of pyridine rings is 1. The van der Waals surface area contributed by atoms with Gasteiger partial charge in [-0.3, -0.25) is 4.90 Å². The van der Waals surface area contributed by atoms with E-state index < -0.39 is 0 Å². The second-order valence-electron chi connectivity index (χ2n) is 5.18. The molecule has 0 saturated carbocycles. The van der Waals surface area contributed by atoms with E-state index in [1.165, 1.54) is 0 Å². The Kier molecular flexibility index (Phi) is 5.41. The van der Waals surface area contributed by atoms with Gasteiger partial charge in [-0.25, -0.2) is 4.98 Å². The molecule has 1 heterocycles. The summed E-state index contributed by atoms with van der Waals surface area (Å²) in [5, 5.41) is 0. The SMILES string of the molecule is Cc1cnc(OCCN(C(C)C)C(C)C)c(N)c1. The summed E-state index contributed by atoms with van der Waals surface area (Å²) in [6.07, 6.45) is 1.77. The van der Waals surface area contributed by atoms with Crippen LogP contribution in [0, 0.1) is 6.92 Å². The van der Waals surface area contributed by atoms with Gasteiger partial charge in [-0.15, -0.1) is 0 Å². The zero-order chi connectivity index (χ0) is 13.7. The van der Waals surface area contributed by atoms with Gasteiger partial charge in [-0.1, -0.05) is 0 Å². The van der Waals surface area contributed by atoms with E-state index in [1.54, 1.807) is 6.20 Å². The molecule has 0 aliphatic heterocycles. The average molecular weight is 251 g/mol. The van der Waals surface area contributed by atoms with Crippen LogP contribution in [0.4, 0.5) is 5.69 Å². The molecule has 102 valence electrons. The second-order valence-corrected chi connectivity index (χ2v) is 5.18. The van der Waals surface area contributed by atoms with Crippen molar-refractivity contribution in [2.45, 2.75) is 46.7 Å². The molecule has 0 fully saturated rings. The molecule has 0 radical (unpaired) electrons. The number of nitrogens with zero attached hydrogens (tertiary/aromatic N) is 2. The van der Waals surface area contributed by atoms with Crippen molar-refractivity contribution in [2.24, 2.45) is 0 Å². The fourth-order valence-electron chi connectivity index (χ4n) is 2.06. The van der Waals surface area contributed by atoms with E-state index in [0.717, 1.165) is 12.1 Å². The van der Waals surface area contributed by atoms with Crippen LogP contribution in [0.2, 0.25) is 0 Å². The summed E-state index contributed by atoms with van der Waals surface area (Å²) in [4.78, 5) is 6.58. The molecular formula is C14H25N3O. The Morgan fingerprint density at radius 1 is 1.28 bits per heavy atom. The van der Waals surface area contributed by atoms with E-state index in [9.17, 15) is 0 Å². The number of aryl methyl sites for hydroxylation is 1. The van der Waals surface area contributed by atoms with E-state index in [1.807, 2.05) is 13.0 Å². The molecule has 0 amide bonds. The molecule has 1 aromatic heterocycles. The molecule has 2 N–H and O–H groups in total. The average Bonchev–Trinajstić information content (AvgIpc) is 2.25. The van der Waals surface area contributed by atoms with Gasteiger partial charge in [0.05, 0.1) is 5.69 Å². The Hall–Kier alpha value is -1.29. The van der Waals surface area contributed by atoms with Crippen LogP contribution in [-0.4, -0.2) is 35.1 Å². The minimum absolute atomic E-state index is 0.511. The molecule has 0 aliphatic rings. The minimum atomic E-state index is 0.511. The fraction of sp³-hybridized carbons (Fsp3) is 0.643. The molecule has 0 atom stereocenters. The van der Waals surface area contributed by atoms with Crippen LogP contribution >= 0.6 is 0 Å². The number of nitrogen functional groups attached to an aromatic ring is 1. The third-order valence-electron chi connectivity index (χ3n) is 2.93. The molecule has 0 unspecified atom stereocenters. The summed E-state index contributed by atoms with van der Waals surface area (Å²) in [7, 11) is 0. The van der Waals surface area contributed by atoms with Crippen LogP contribution < -0.4 is 10.5 Å². The summed E-state index contributed by atoms with van der Waals surface area (Å²) >= 11 is 0. The molecule has 1 rings (SSSR count).